The molecule has 10 heteroatoms. The Hall–Kier alpha value is -1.87. The monoisotopic (exact) mass is 768 g/mol. The van der Waals surface area contributed by atoms with Crippen LogP contribution < -0.4 is 5.32 Å². The van der Waals surface area contributed by atoms with Crippen LogP contribution in [-0.2, 0) is 23.2 Å². The largest absolute Gasteiger partial charge is 0.472 e. The molecule has 0 saturated heterocycles. The number of carbonyl (C=O) groups excluding carboxylic acids is 2. The van der Waals surface area contributed by atoms with E-state index < -0.39 is 20.0 Å². The Kier molecular flexibility index (Phi) is 33.4. The molecule has 0 spiro atoms. The van der Waals surface area contributed by atoms with Gasteiger partial charge in [0.15, 0.2) is 5.78 Å². The number of hydrogen-bond donors (Lipinski definition) is 3. The number of hydrogen-bond acceptors (Lipinski definition) is 6. The van der Waals surface area contributed by atoms with Crippen molar-refractivity contribution in [1.29, 1.82) is 0 Å². The number of nitrogens with zero attached hydrogens (tertiary/aromatic N) is 1. The highest BCUT2D eigenvalue weighted by Gasteiger charge is 2.28. The fourth-order valence-corrected chi connectivity index (χ4v) is 6.38. The van der Waals surface area contributed by atoms with Crippen LogP contribution in [-0.4, -0.2) is 79.2 Å². The van der Waals surface area contributed by atoms with Gasteiger partial charge in [-0.25, -0.2) is 4.57 Å². The number of allylic oxidation sites excluding steroid dienone is 8. The maximum absolute atomic E-state index is 12.8. The molecular weight excluding hydrogens is 687 g/mol. The number of likely N-dealkylation sites (N-methyl/N-ethyl adjacent to an activating group) is 1. The fourth-order valence-electron chi connectivity index (χ4n) is 5.64. The lowest BCUT2D eigenvalue weighted by Crippen LogP contribution is -2.46. The van der Waals surface area contributed by atoms with Gasteiger partial charge < -0.3 is 19.8 Å². The number of unbranched alkanes of at least 4 members (excludes halogenated alkanes) is 15. The molecule has 308 valence electrons. The number of aliphatic hydroxyl groups is 1. The lowest BCUT2D eigenvalue weighted by atomic mass is 10.0. The third kappa shape index (κ3) is 36.9. The fraction of sp³-hybridized carbons (Fsp3) is 0.767. The molecule has 3 N–H and O–H groups in total. The summed E-state index contributed by atoms with van der Waals surface area (Å²) in [4.78, 5) is 35.4. The molecule has 3 atom stereocenters. The number of phosphoric ester groups is 1. The Labute approximate surface area is 325 Å². The van der Waals surface area contributed by atoms with E-state index in [1.807, 2.05) is 33.3 Å². The molecule has 9 nitrogen and oxygen atoms in total. The van der Waals surface area contributed by atoms with Crippen molar-refractivity contribution in [3.63, 3.8) is 0 Å². The molecule has 0 aromatic rings. The summed E-state index contributed by atoms with van der Waals surface area (Å²) in [6, 6.07) is -0.876. The highest BCUT2D eigenvalue weighted by atomic mass is 31.2. The summed E-state index contributed by atoms with van der Waals surface area (Å²) in [5.74, 6) is -0.415. The normalized spacial score (nSPS) is 14.8. The number of quaternary nitrogens is 1. The minimum atomic E-state index is -4.38. The molecule has 0 aromatic heterocycles. The number of aliphatic hydroxyl groups excluding tert-OH is 1. The van der Waals surface area contributed by atoms with Gasteiger partial charge in [0.05, 0.1) is 39.9 Å². The van der Waals surface area contributed by atoms with Crippen LogP contribution in [0.5, 0.6) is 0 Å². The molecule has 53 heavy (non-hydrogen) atoms. The van der Waals surface area contributed by atoms with Crippen molar-refractivity contribution in [2.24, 2.45) is 0 Å². The smallest absolute Gasteiger partial charge is 0.391 e. The molecule has 0 aliphatic heterocycles. The zero-order valence-electron chi connectivity index (χ0n) is 34.5. The minimum absolute atomic E-state index is 0.0300. The van der Waals surface area contributed by atoms with E-state index in [-0.39, 0.29) is 37.7 Å². The predicted octanol–water partition coefficient (Wildman–Crippen LogP) is 10.5. The Morgan fingerprint density at radius 3 is 1.85 bits per heavy atom. The maximum atomic E-state index is 12.8. The summed E-state index contributed by atoms with van der Waals surface area (Å²) in [7, 11) is 1.46. The molecule has 0 saturated carbocycles. The lowest BCUT2D eigenvalue weighted by Gasteiger charge is -2.26. The first-order valence-electron chi connectivity index (χ1n) is 21.0. The van der Waals surface area contributed by atoms with Crippen molar-refractivity contribution in [3.05, 3.63) is 48.6 Å². The third-order valence-corrected chi connectivity index (χ3v) is 10.0. The van der Waals surface area contributed by atoms with E-state index in [0.29, 0.717) is 23.9 Å². The molecule has 0 fully saturated rings. The first kappa shape index (κ1) is 51.1. The van der Waals surface area contributed by atoms with Crippen LogP contribution in [0.1, 0.15) is 162 Å². The SMILES string of the molecule is CCCCC/C=C\C/C=C\C/C=C\C=C\C(=O)CCCC(=O)N[C@@H](COP(=O)(O)OCC[N+](C)(C)C)[C@H](O)CCCCCCCCCCCCCCC. The van der Waals surface area contributed by atoms with Crippen LogP contribution in [0, 0.1) is 0 Å². The highest BCUT2D eigenvalue weighted by molar-refractivity contribution is 7.47. The Morgan fingerprint density at radius 1 is 0.698 bits per heavy atom. The summed E-state index contributed by atoms with van der Waals surface area (Å²) in [5, 5.41) is 13.8. The van der Waals surface area contributed by atoms with Crippen molar-refractivity contribution < 1.29 is 37.7 Å². The molecule has 0 heterocycles. The summed E-state index contributed by atoms with van der Waals surface area (Å²) < 4.78 is 23.5. The average Bonchev–Trinajstić information content (AvgIpc) is 3.09. The van der Waals surface area contributed by atoms with Crippen LogP contribution in [0.25, 0.3) is 0 Å². The van der Waals surface area contributed by atoms with E-state index in [0.717, 1.165) is 38.5 Å². The molecule has 0 bridgehead atoms. The van der Waals surface area contributed by atoms with Crippen molar-refractivity contribution in [2.75, 3.05) is 40.9 Å². The van der Waals surface area contributed by atoms with Gasteiger partial charge in [0.25, 0.3) is 0 Å². The number of ketones is 1. The number of amides is 1. The summed E-state index contributed by atoms with van der Waals surface area (Å²) in [5.41, 5.74) is 0. The van der Waals surface area contributed by atoms with Crippen molar-refractivity contribution in [3.8, 4) is 0 Å². The van der Waals surface area contributed by atoms with Crippen LogP contribution in [0.2, 0.25) is 0 Å². The molecule has 1 unspecified atom stereocenters. The lowest BCUT2D eigenvalue weighted by molar-refractivity contribution is -0.870. The van der Waals surface area contributed by atoms with Crippen molar-refractivity contribution in [2.45, 2.75) is 174 Å². The van der Waals surface area contributed by atoms with E-state index in [4.69, 9.17) is 9.05 Å². The van der Waals surface area contributed by atoms with Crippen molar-refractivity contribution >= 4 is 19.5 Å². The molecule has 0 aromatic carbocycles. The second-order valence-electron chi connectivity index (χ2n) is 15.4. The number of carbonyl (C=O) groups is 2. The van der Waals surface area contributed by atoms with E-state index in [9.17, 15) is 24.2 Å². The molecule has 0 rings (SSSR count). The van der Waals surface area contributed by atoms with Gasteiger partial charge in [-0.15, -0.1) is 0 Å². The zero-order chi connectivity index (χ0) is 39.5. The van der Waals surface area contributed by atoms with Crippen molar-refractivity contribution in [1.82, 2.24) is 5.32 Å². The van der Waals surface area contributed by atoms with Gasteiger partial charge in [0, 0.05) is 12.8 Å². The van der Waals surface area contributed by atoms with Crippen LogP contribution in [0.3, 0.4) is 0 Å². The highest BCUT2D eigenvalue weighted by Crippen LogP contribution is 2.43. The number of phosphoric acid groups is 1. The molecule has 0 aliphatic rings. The molecular formula is C43H80N2O7P+. The minimum Gasteiger partial charge on any atom is -0.391 e. The van der Waals surface area contributed by atoms with Gasteiger partial charge in [0.2, 0.25) is 5.91 Å². The van der Waals surface area contributed by atoms with E-state index in [2.05, 4.69) is 43.5 Å². The number of nitrogens with one attached hydrogen (secondary N) is 1. The van der Waals surface area contributed by atoms with Crippen LogP contribution >= 0.6 is 7.82 Å². The topological polar surface area (TPSA) is 122 Å². The quantitative estimate of drug-likeness (QED) is 0.0144. The zero-order valence-corrected chi connectivity index (χ0v) is 35.4. The molecule has 0 radical (unpaired) electrons. The summed E-state index contributed by atoms with van der Waals surface area (Å²) in [6.07, 6.45) is 38.4. The Morgan fingerprint density at radius 2 is 1.25 bits per heavy atom. The third-order valence-electron chi connectivity index (χ3n) is 9.06. The van der Waals surface area contributed by atoms with E-state index in [1.54, 1.807) is 6.08 Å². The predicted molar refractivity (Wildman–Crippen MR) is 222 cm³/mol. The van der Waals surface area contributed by atoms with Crippen LogP contribution in [0.4, 0.5) is 0 Å². The summed E-state index contributed by atoms with van der Waals surface area (Å²) in [6.45, 7) is 4.64. The van der Waals surface area contributed by atoms with E-state index in [1.165, 1.54) is 89.5 Å². The maximum Gasteiger partial charge on any atom is 0.472 e. The van der Waals surface area contributed by atoms with Gasteiger partial charge in [-0.2, -0.15) is 0 Å². The number of rotatable bonds is 37. The van der Waals surface area contributed by atoms with Gasteiger partial charge in [-0.3, -0.25) is 18.6 Å². The van der Waals surface area contributed by atoms with Crippen LogP contribution in [0.15, 0.2) is 48.6 Å². The first-order chi connectivity index (χ1) is 25.4. The molecule has 1 amide bonds. The van der Waals surface area contributed by atoms with Gasteiger partial charge >= 0.3 is 7.82 Å². The first-order valence-corrected chi connectivity index (χ1v) is 22.5. The van der Waals surface area contributed by atoms with E-state index >= 15 is 0 Å². The average molecular weight is 768 g/mol. The summed E-state index contributed by atoms with van der Waals surface area (Å²) >= 11 is 0. The molecule has 0 aliphatic carbocycles. The Bertz CT molecular complexity index is 1070. The van der Waals surface area contributed by atoms with Gasteiger partial charge in [0.1, 0.15) is 13.2 Å². The Balaban J connectivity index is 4.65. The standard InChI is InChI=1S/C43H79N2O7P/c1-6-8-10-12-14-16-18-20-22-24-26-28-30-33-40(46)34-32-36-43(48)44-41(39-52-53(49,50)51-38-37-45(3,4)5)42(47)35-31-29-27-25-23-21-19-17-15-13-11-9-7-2/h14,16,20,22,26,28,30,33,41-42,47H,6-13,15,17-19,21,23-25,27,29,31-32,34-39H2,1-5H3,(H-,44,48,49,50)/p+1/b16-14-,22-20-,28-26-,33-30+/t41-,42+/m0/s1. The second kappa shape index (κ2) is 34.6. The van der Waals surface area contributed by atoms with Gasteiger partial charge in [-0.05, 0) is 44.6 Å². The second-order valence-corrected chi connectivity index (χ2v) is 16.9. The van der Waals surface area contributed by atoms with Gasteiger partial charge in [-0.1, -0.05) is 153 Å².